The summed E-state index contributed by atoms with van der Waals surface area (Å²) in [5, 5.41) is 7.93. The second kappa shape index (κ2) is 5.68. The zero-order valence-electron chi connectivity index (χ0n) is 13.9. The molecule has 1 aliphatic carbocycles. The molecule has 3 rings (SSSR count). The van der Waals surface area contributed by atoms with Crippen LogP contribution in [0.3, 0.4) is 0 Å². The van der Waals surface area contributed by atoms with Crippen molar-refractivity contribution < 1.29 is 9.32 Å². The average molecular weight is 333 g/mol. The topological polar surface area (TPSA) is 55.1 Å². The van der Waals surface area contributed by atoms with Crippen LogP contribution in [-0.2, 0) is 16.6 Å². The number of carbonyl (C=O) groups is 1. The van der Waals surface area contributed by atoms with Crippen LogP contribution < -0.4 is 5.32 Å². The minimum absolute atomic E-state index is 0.0101. The van der Waals surface area contributed by atoms with E-state index in [1.54, 1.807) is 0 Å². The van der Waals surface area contributed by atoms with Crippen LogP contribution in [-0.4, -0.2) is 11.1 Å². The number of aromatic nitrogens is 1. The van der Waals surface area contributed by atoms with Gasteiger partial charge in [-0.3, -0.25) is 4.79 Å². The fourth-order valence-corrected chi connectivity index (χ4v) is 3.86. The number of hydrogen-bond acceptors (Lipinski definition) is 3. The van der Waals surface area contributed by atoms with Crippen LogP contribution in [0.25, 0.3) is 0 Å². The maximum atomic E-state index is 12.9. The van der Waals surface area contributed by atoms with Crippen LogP contribution in [0.4, 0.5) is 0 Å². The molecule has 1 amide bonds. The van der Waals surface area contributed by atoms with E-state index in [4.69, 9.17) is 16.1 Å². The standard InChI is InChI=1S/C18H21ClN2O2/c1-10-16(11(2)23-21-10)18(3,4)17(22)20-15-9-8-12-13(15)6-5-7-14(12)19/h5-7,15H,8-9H2,1-4H3,(H,20,22). The number of fused-ring (bicyclic) bond motifs is 1. The molecule has 1 heterocycles. The van der Waals surface area contributed by atoms with Crippen molar-refractivity contribution >= 4 is 17.5 Å². The highest BCUT2D eigenvalue weighted by Gasteiger charge is 2.37. The minimum atomic E-state index is -0.699. The van der Waals surface area contributed by atoms with Crippen LogP contribution in [0, 0.1) is 13.8 Å². The first kappa shape index (κ1) is 16.1. The molecule has 0 spiro atoms. The third kappa shape index (κ3) is 2.65. The monoisotopic (exact) mass is 332 g/mol. The number of benzene rings is 1. The predicted molar refractivity (Wildman–Crippen MR) is 89.7 cm³/mol. The van der Waals surface area contributed by atoms with Crippen molar-refractivity contribution in [2.45, 2.75) is 52.0 Å². The summed E-state index contributed by atoms with van der Waals surface area (Å²) in [5.41, 5.74) is 3.20. The molecule has 0 radical (unpaired) electrons. The van der Waals surface area contributed by atoms with E-state index in [0.717, 1.165) is 40.2 Å². The number of rotatable bonds is 3. The Morgan fingerprint density at radius 2 is 2.13 bits per heavy atom. The average Bonchev–Trinajstić information content (AvgIpc) is 3.04. The molecule has 1 unspecified atom stereocenters. The maximum absolute atomic E-state index is 12.9. The molecule has 1 atom stereocenters. The summed E-state index contributed by atoms with van der Waals surface area (Å²) in [6.07, 6.45) is 1.77. The first-order valence-corrected chi connectivity index (χ1v) is 8.21. The van der Waals surface area contributed by atoms with Crippen molar-refractivity contribution in [3.8, 4) is 0 Å². The maximum Gasteiger partial charge on any atom is 0.230 e. The predicted octanol–water partition coefficient (Wildman–Crippen LogP) is 4.03. The van der Waals surface area contributed by atoms with E-state index in [-0.39, 0.29) is 11.9 Å². The van der Waals surface area contributed by atoms with Crippen molar-refractivity contribution in [1.29, 1.82) is 0 Å². The number of carbonyl (C=O) groups excluding carboxylic acids is 1. The molecule has 1 N–H and O–H groups in total. The van der Waals surface area contributed by atoms with E-state index in [9.17, 15) is 4.79 Å². The molecule has 23 heavy (non-hydrogen) atoms. The van der Waals surface area contributed by atoms with Crippen LogP contribution in [0.15, 0.2) is 22.7 Å². The van der Waals surface area contributed by atoms with E-state index >= 15 is 0 Å². The Balaban J connectivity index is 1.85. The summed E-state index contributed by atoms with van der Waals surface area (Å²) in [6, 6.07) is 5.89. The lowest BCUT2D eigenvalue weighted by molar-refractivity contribution is -0.126. The molecule has 0 saturated heterocycles. The van der Waals surface area contributed by atoms with E-state index in [1.165, 1.54) is 0 Å². The van der Waals surface area contributed by atoms with Crippen molar-refractivity contribution in [3.05, 3.63) is 51.4 Å². The van der Waals surface area contributed by atoms with Crippen LogP contribution >= 0.6 is 11.6 Å². The number of hydrogen-bond donors (Lipinski definition) is 1. The van der Waals surface area contributed by atoms with Crippen molar-refractivity contribution in [3.63, 3.8) is 0 Å². The molecule has 1 aliphatic rings. The van der Waals surface area contributed by atoms with Crippen LogP contribution in [0.5, 0.6) is 0 Å². The highest BCUT2D eigenvalue weighted by molar-refractivity contribution is 6.31. The lowest BCUT2D eigenvalue weighted by Crippen LogP contribution is -2.42. The number of nitrogens with one attached hydrogen (secondary N) is 1. The normalized spacial score (nSPS) is 17.2. The summed E-state index contributed by atoms with van der Waals surface area (Å²) in [5.74, 6) is 0.669. The molecule has 5 heteroatoms. The second-order valence-electron chi connectivity index (χ2n) is 6.70. The zero-order chi connectivity index (χ0) is 16.8. The fourth-order valence-electron chi connectivity index (χ4n) is 3.59. The minimum Gasteiger partial charge on any atom is -0.361 e. The SMILES string of the molecule is Cc1noc(C)c1C(C)(C)C(=O)NC1CCc2c(Cl)cccc21. The van der Waals surface area contributed by atoms with E-state index in [1.807, 2.05) is 45.9 Å². The number of aryl methyl sites for hydroxylation is 2. The van der Waals surface area contributed by atoms with Gasteiger partial charge in [0.25, 0.3) is 0 Å². The molecule has 4 nitrogen and oxygen atoms in total. The molecule has 2 aromatic rings. The van der Waals surface area contributed by atoms with E-state index in [0.29, 0.717) is 5.76 Å². The molecule has 0 bridgehead atoms. The van der Waals surface area contributed by atoms with Crippen molar-refractivity contribution in [2.75, 3.05) is 0 Å². The highest BCUT2D eigenvalue weighted by Crippen LogP contribution is 2.37. The summed E-state index contributed by atoms with van der Waals surface area (Å²) in [6.45, 7) is 7.52. The van der Waals surface area contributed by atoms with E-state index < -0.39 is 5.41 Å². The molecule has 0 aliphatic heterocycles. The summed E-state index contributed by atoms with van der Waals surface area (Å²) < 4.78 is 5.23. The second-order valence-corrected chi connectivity index (χ2v) is 7.10. The lowest BCUT2D eigenvalue weighted by atomic mass is 9.82. The van der Waals surface area contributed by atoms with E-state index in [2.05, 4.69) is 10.5 Å². The molecule has 1 aromatic carbocycles. The van der Waals surface area contributed by atoms with Crippen molar-refractivity contribution in [1.82, 2.24) is 10.5 Å². The van der Waals surface area contributed by atoms with Gasteiger partial charge in [0, 0.05) is 10.6 Å². The number of amides is 1. The summed E-state index contributed by atoms with van der Waals surface area (Å²) in [7, 11) is 0. The van der Waals surface area contributed by atoms with Gasteiger partial charge in [0.05, 0.1) is 17.2 Å². The van der Waals surface area contributed by atoms with Gasteiger partial charge in [0.15, 0.2) is 0 Å². The Labute approximate surface area is 141 Å². The first-order valence-electron chi connectivity index (χ1n) is 7.84. The number of halogens is 1. The molecule has 0 fully saturated rings. The zero-order valence-corrected chi connectivity index (χ0v) is 14.6. The largest absolute Gasteiger partial charge is 0.361 e. The van der Waals surface area contributed by atoms with Crippen molar-refractivity contribution in [2.24, 2.45) is 0 Å². The fraction of sp³-hybridized carbons (Fsp3) is 0.444. The molecular formula is C18H21ClN2O2. The quantitative estimate of drug-likeness (QED) is 0.923. The Morgan fingerprint density at radius 1 is 1.39 bits per heavy atom. The van der Waals surface area contributed by atoms with Crippen LogP contribution in [0.1, 0.15) is 54.5 Å². The molecule has 1 aromatic heterocycles. The van der Waals surface area contributed by atoms with Gasteiger partial charge >= 0.3 is 0 Å². The van der Waals surface area contributed by atoms with Gasteiger partial charge in [0.2, 0.25) is 5.91 Å². The van der Waals surface area contributed by atoms with Gasteiger partial charge < -0.3 is 9.84 Å². The van der Waals surface area contributed by atoms with Gasteiger partial charge in [-0.2, -0.15) is 0 Å². The highest BCUT2D eigenvalue weighted by atomic mass is 35.5. The smallest absolute Gasteiger partial charge is 0.230 e. The molecule has 0 saturated carbocycles. The summed E-state index contributed by atoms with van der Waals surface area (Å²) in [4.78, 5) is 12.9. The molecular weight excluding hydrogens is 312 g/mol. The summed E-state index contributed by atoms with van der Waals surface area (Å²) >= 11 is 6.25. The van der Waals surface area contributed by atoms with Gasteiger partial charge in [-0.15, -0.1) is 0 Å². The van der Waals surface area contributed by atoms with Gasteiger partial charge in [0.1, 0.15) is 5.76 Å². The number of nitrogens with zero attached hydrogens (tertiary/aromatic N) is 1. The third-order valence-corrected chi connectivity index (χ3v) is 5.10. The lowest BCUT2D eigenvalue weighted by Gasteiger charge is -2.26. The first-order chi connectivity index (χ1) is 10.8. The van der Waals surface area contributed by atoms with Gasteiger partial charge in [-0.1, -0.05) is 28.9 Å². The Bertz CT molecular complexity index is 745. The van der Waals surface area contributed by atoms with Crippen LogP contribution in [0.2, 0.25) is 5.02 Å². The van der Waals surface area contributed by atoms with Gasteiger partial charge in [-0.25, -0.2) is 0 Å². The third-order valence-electron chi connectivity index (χ3n) is 4.74. The Morgan fingerprint density at radius 3 is 2.78 bits per heavy atom. The Hall–Kier alpha value is -1.81. The van der Waals surface area contributed by atoms with Gasteiger partial charge in [-0.05, 0) is 57.7 Å². The Kier molecular flexibility index (Phi) is 3.96. The molecule has 122 valence electrons.